The highest BCUT2D eigenvalue weighted by molar-refractivity contribution is 5.81. The van der Waals surface area contributed by atoms with Crippen LogP contribution in [0.5, 0.6) is 0 Å². The van der Waals surface area contributed by atoms with Gasteiger partial charge in [-0.1, -0.05) is 0 Å². The third kappa shape index (κ3) is 1.89. The van der Waals surface area contributed by atoms with Gasteiger partial charge in [0, 0.05) is 18.6 Å². The number of nitrogens with zero attached hydrogens (tertiary/aromatic N) is 1. The minimum absolute atomic E-state index is 0.673. The minimum Gasteiger partial charge on any atom is -0.373 e. The monoisotopic (exact) mass is 230 g/mol. The third-order valence-corrected chi connectivity index (χ3v) is 3.61. The van der Waals surface area contributed by atoms with Gasteiger partial charge in [0.25, 0.3) is 0 Å². The summed E-state index contributed by atoms with van der Waals surface area (Å²) in [6, 6.07) is 4.21. The molecule has 4 heteroatoms. The van der Waals surface area contributed by atoms with Crippen molar-refractivity contribution >= 4 is 16.9 Å². The van der Waals surface area contributed by atoms with E-state index in [1.54, 1.807) is 0 Å². The average Bonchev–Trinajstić information content (AvgIpc) is 2.82. The van der Waals surface area contributed by atoms with Gasteiger partial charge in [0.15, 0.2) is 0 Å². The number of nitrogens with one attached hydrogen (secondary N) is 3. The lowest BCUT2D eigenvalue weighted by Gasteiger charge is -2.22. The van der Waals surface area contributed by atoms with Crippen LogP contribution in [0, 0.1) is 0 Å². The first-order chi connectivity index (χ1) is 8.38. The highest BCUT2D eigenvalue weighted by atomic mass is 15.0. The summed E-state index contributed by atoms with van der Waals surface area (Å²) < 4.78 is 0. The van der Waals surface area contributed by atoms with E-state index in [1.807, 2.05) is 13.1 Å². The summed E-state index contributed by atoms with van der Waals surface area (Å²) in [5.41, 5.74) is 2.42. The molecule has 0 amide bonds. The van der Waals surface area contributed by atoms with Crippen LogP contribution in [0.1, 0.15) is 24.3 Å². The Morgan fingerprint density at radius 3 is 2.88 bits per heavy atom. The van der Waals surface area contributed by atoms with Crippen LogP contribution in [0.3, 0.4) is 0 Å². The molecule has 17 heavy (non-hydrogen) atoms. The second kappa shape index (κ2) is 4.37. The summed E-state index contributed by atoms with van der Waals surface area (Å²) in [6.45, 7) is 2.25. The molecule has 4 nitrogen and oxygen atoms in total. The minimum atomic E-state index is 0.673. The number of hydrogen-bond acceptors (Lipinski definition) is 3. The number of hydrogen-bond donors (Lipinski definition) is 3. The van der Waals surface area contributed by atoms with Crippen molar-refractivity contribution in [2.24, 2.45) is 0 Å². The average molecular weight is 230 g/mol. The maximum absolute atomic E-state index is 4.53. The first-order valence-electron chi connectivity index (χ1n) is 6.25. The number of anilines is 1. The molecular formula is C13H18N4. The number of aromatic amines is 1. The Hall–Kier alpha value is -1.55. The molecule has 1 fully saturated rings. The summed E-state index contributed by atoms with van der Waals surface area (Å²) in [7, 11) is 1.89. The number of H-pyrrole nitrogens is 1. The fraction of sp³-hybridized carbons (Fsp3) is 0.462. The number of rotatable bonds is 2. The van der Waals surface area contributed by atoms with Crippen LogP contribution in [0.2, 0.25) is 0 Å². The molecule has 0 bridgehead atoms. The van der Waals surface area contributed by atoms with Crippen molar-refractivity contribution in [2.75, 3.05) is 25.5 Å². The Kier molecular flexibility index (Phi) is 2.73. The molecule has 0 unspecified atom stereocenters. The third-order valence-electron chi connectivity index (χ3n) is 3.61. The maximum atomic E-state index is 4.53. The van der Waals surface area contributed by atoms with E-state index in [0.717, 1.165) is 24.6 Å². The van der Waals surface area contributed by atoms with Crippen molar-refractivity contribution in [3.8, 4) is 0 Å². The second-order valence-electron chi connectivity index (χ2n) is 4.61. The Labute approximate surface area is 101 Å². The van der Waals surface area contributed by atoms with Gasteiger partial charge in [-0.3, -0.25) is 0 Å². The highest BCUT2D eigenvalue weighted by Gasteiger charge is 2.18. The summed E-state index contributed by atoms with van der Waals surface area (Å²) in [4.78, 5) is 7.82. The van der Waals surface area contributed by atoms with Crippen LogP contribution in [0.15, 0.2) is 18.3 Å². The molecule has 2 aromatic rings. The summed E-state index contributed by atoms with van der Waals surface area (Å²) in [5.74, 6) is 1.59. The first-order valence-corrected chi connectivity index (χ1v) is 6.25. The number of aromatic nitrogens is 2. The quantitative estimate of drug-likeness (QED) is 0.740. The van der Waals surface area contributed by atoms with Gasteiger partial charge < -0.3 is 15.6 Å². The van der Waals surface area contributed by atoms with Crippen molar-refractivity contribution in [3.63, 3.8) is 0 Å². The van der Waals surface area contributed by atoms with E-state index in [9.17, 15) is 0 Å². The summed E-state index contributed by atoms with van der Waals surface area (Å²) in [6.07, 6.45) is 4.58. The van der Waals surface area contributed by atoms with E-state index in [2.05, 4.69) is 32.9 Å². The van der Waals surface area contributed by atoms with E-state index in [0.29, 0.717) is 5.92 Å². The molecule has 3 N–H and O–H groups in total. The highest BCUT2D eigenvalue weighted by Crippen LogP contribution is 2.31. The number of pyridine rings is 1. The lowest BCUT2D eigenvalue weighted by molar-refractivity contribution is 0.462. The number of piperidine rings is 1. The Morgan fingerprint density at radius 2 is 2.12 bits per heavy atom. The molecule has 0 radical (unpaired) electrons. The molecule has 3 rings (SSSR count). The normalized spacial score (nSPS) is 17.5. The molecule has 0 atom stereocenters. The van der Waals surface area contributed by atoms with Crippen molar-refractivity contribution in [2.45, 2.75) is 18.8 Å². The lowest BCUT2D eigenvalue weighted by atomic mass is 9.90. The molecule has 0 spiro atoms. The SMILES string of the molecule is CNc1ccc2c(C3CCNCC3)c[nH]c2n1. The zero-order valence-corrected chi connectivity index (χ0v) is 10.1. The van der Waals surface area contributed by atoms with Crippen LogP contribution in [0.25, 0.3) is 11.0 Å². The van der Waals surface area contributed by atoms with Gasteiger partial charge in [0.05, 0.1) is 0 Å². The smallest absolute Gasteiger partial charge is 0.139 e. The topological polar surface area (TPSA) is 52.7 Å². The molecule has 1 aliphatic rings. The first kappa shape index (κ1) is 10.6. The molecule has 0 aromatic carbocycles. The maximum Gasteiger partial charge on any atom is 0.139 e. The second-order valence-corrected chi connectivity index (χ2v) is 4.61. The van der Waals surface area contributed by atoms with E-state index in [4.69, 9.17) is 0 Å². The van der Waals surface area contributed by atoms with Crippen molar-refractivity contribution < 1.29 is 0 Å². The van der Waals surface area contributed by atoms with Crippen molar-refractivity contribution in [3.05, 3.63) is 23.9 Å². The molecular weight excluding hydrogens is 212 g/mol. The largest absolute Gasteiger partial charge is 0.373 e. The molecule has 0 saturated carbocycles. The van der Waals surface area contributed by atoms with Gasteiger partial charge in [-0.05, 0) is 49.5 Å². The van der Waals surface area contributed by atoms with E-state index in [-0.39, 0.29) is 0 Å². The van der Waals surface area contributed by atoms with Crippen LogP contribution >= 0.6 is 0 Å². The van der Waals surface area contributed by atoms with Crippen LogP contribution in [-0.4, -0.2) is 30.1 Å². The van der Waals surface area contributed by atoms with Gasteiger partial charge in [-0.2, -0.15) is 0 Å². The van der Waals surface area contributed by atoms with Gasteiger partial charge >= 0.3 is 0 Å². The predicted octanol–water partition coefficient (Wildman–Crippen LogP) is 2.07. The molecule has 1 aliphatic heterocycles. The van der Waals surface area contributed by atoms with Crippen LogP contribution < -0.4 is 10.6 Å². The molecule has 2 aromatic heterocycles. The van der Waals surface area contributed by atoms with E-state index >= 15 is 0 Å². The zero-order valence-electron chi connectivity index (χ0n) is 10.1. The van der Waals surface area contributed by atoms with Gasteiger partial charge in [-0.15, -0.1) is 0 Å². The number of fused-ring (bicyclic) bond motifs is 1. The van der Waals surface area contributed by atoms with Crippen molar-refractivity contribution in [1.29, 1.82) is 0 Å². The van der Waals surface area contributed by atoms with Gasteiger partial charge in [0.2, 0.25) is 0 Å². The van der Waals surface area contributed by atoms with Crippen LogP contribution in [0.4, 0.5) is 5.82 Å². The Balaban J connectivity index is 1.99. The predicted molar refractivity (Wildman–Crippen MR) is 70.5 cm³/mol. The van der Waals surface area contributed by atoms with Gasteiger partial charge in [-0.25, -0.2) is 4.98 Å². The standard InChI is InChI=1S/C13H18N4/c1-14-12-3-2-10-11(8-16-13(10)17-12)9-4-6-15-7-5-9/h2-3,8-9,15H,4-7H2,1H3,(H2,14,16,17). The Morgan fingerprint density at radius 1 is 1.29 bits per heavy atom. The van der Waals surface area contributed by atoms with Crippen molar-refractivity contribution in [1.82, 2.24) is 15.3 Å². The summed E-state index contributed by atoms with van der Waals surface area (Å²) in [5, 5.41) is 7.75. The molecule has 0 aliphatic carbocycles. The van der Waals surface area contributed by atoms with E-state index in [1.165, 1.54) is 23.8 Å². The Bertz CT molecular complexity index is 511. The summed E-state index contributed by atoms with van der Waals surface area (Å²) >= 11 is 0. The zero-order chi connectivity index (χ0) is 11.7. The molecule has 1 saturated heterocycles. The molecule has 90 valence electrons. The van der Waals surface area contributed by atoms with E-state index < -0.39 is 0 Å². The van der Waals surface area contributed by atoms with Gasteiger partial charge in [0.1, 0.15) is 11.5 Å². The fourth-order valence-corrected chi connectivity index (χ4v) is 2.64. The van der Waals surface area contributed by atoms with Crippen LogP contribution in [-0.2, 0) is 0 Å². The fourth-order valence-electron chi connectivity index (χ4n) is 2.64. The lowest BCUT2D eigenvalue weighted by Crippen LogP contribution is -2.26. The molecule has 3 heterocycles.